The van der Waals surface area contributed by atoms with Crippen molar-refractivity contribution in [2.75, 3.05) is 0 Å². The summed E-state index contributed by atoms with van der Waals surface area (Å²) in [4.78, 5) is 27.5. The van der Waals surface area contributed by atoms with E-state index in [1.807, 2.05) is 67.7 Å². The van der Waals surface area contributed by atoms with E-state index in [-0.39, 0.29) is 18.1 Å². The van der Waals surface area contributed by atoms with Gasteiger partial charge in [0, 0.05) is 47.6 Å². The van der Waals surface area contributed by atoms with Crippen molar-refractivity contribution in [3.8, 4) is 0 Å². The minimum absolute atomic E-state index is 0.00804. The molecule has 0 spiro atoms. The van der Waals surface area contributed by atoms with Crippen molar-refractivity contribution in [1.29, 1.82) is 0 Å². The number of fused-ring (bicyclic) bond motifs is 2. The van der Waals surface area contributed by atoms with Crippen LogP contribution in [0, 0.1) is 10.1 Å². The Labute approximate surface area is 207 Å². The van der Waals surface area contributed by atoms with Gasteiger partial charge in [0.25, 0.3) is 5.69 Å². The number of aromatic amines is 1. The van der Waals surface area contributed by atoms with Crippen LogP contribution in [0.3, 0.4) is 0 Å². The van der Waals surface area contributed by atoms with Crippen molar-refractivity contribution in [3.05, 3.63) is 112 Å². The predicted molar refractivity (Wildman–Crippen MR) is 138 cm³/mol. The van der Waals surface area contributed by atoms with Gasteiger partial charge in [-0.2, -0.15) is 0 Å². The molecule has 0 saturated heterocycles. The highest BCUT2D eigenvalue weighted by Crippen LogP contribution is 2.25. The maximum absolute atomic E-state index is 13.6. The first-order valence-electron chi connectivity index (χ1n) is 11.7. The van der Waals surface area contributed by atoms with Crippen LogP contribution in [0.2, 0.25) is 0 Å². The molecular formula is C28H26N4O4. The average molecular weight is 483 g/mol. The zero-order chi connectivity index (χ0) is 25.1. The Hall–Kier alpha value is -4.43. The molecule has 0 aliphatic rings. The minimum Gasteiger partial charge on any atom is -0.460 e. The van der Waals surface area contributed by atoms with Crippen molar-refractivity contribution in [1.82, 2.24) is 15.6 Å². The van der Waals surface area contributed by atoms with Gasteiger partial charge in [0.1, 0.15) is 11.3 Å². The first-order chi connectivity index (χ1) is 17.4. The smallest absolute Gasteiger partial charge is 0.269 e. The van der Waals surface area contributed by atoms with E-state index in [0.29, 0.717) is 18.5 Å². The summed E-state index contributed by atoms with van der Waals surface area (Å²) in [6, 6.07) is 24.0. The van der Waals surface area contributed by atoms with E-state index in [1.165, 1.54) is 12.1 Å². The number of amides is 1. The molecule has 0 aliphatic carbocycles. The third-order valence-corrected chi connectivity index (χ3v) is 6.42. The SMILES string of the molecule is CC(Cc1c[nH]c2ccccc12)(NCc1cc2ccccc2o1)C(=O)NCc1cccc([N+](=O)[O-])c1. The summed E-state index contributed by atoms with van der Waals surface area (Å²) in [6.07, 6.45) is 2.36. The molecule has 1 unspecified atom stereocenters. The van der Waals surface area contributed by atoms with E-state index in [2.05, 4.69) is 15.6 Å². The molecule has 3 N–H and O–H groups in total. The van der Waals surface area contributed by atoms with Gasteiger partial charge in [0.15, 0.2) is 0 Å². The summed E-state index contributed by atoms with van der Waals surface area (Å²) in [5, 5.41) is 19.6. The predicted octanol–water partition coefficient (Wildman–Crippen LogP) is 5.23. The number of aromatic nitrogens is 1. The number of benzene rings is 3. The first-order valence-corrected chi connectivity index (χ1v) is 11.7. The van der Waals surface area contributed by atoms with Gasteiger partial charge in [-0.15, -0.1) is 0 Å². The van der Waals surface area contributed by atoms with Crippen LogP contribution in [0.4, 0.5) is 5.69 Å². The summed E-state index contributed by atoms with van der Waals surface area (Å²) in [5.41, 5.74) is 2.48. The quantitative estimate of drug-likeness (QED) is 0.197. The summed E-state index contributed by atoms with van der Waals surface area (Å²) >= 11 is 0. The van der Waals surface area contributed by atoms with E-state index in [9.17, 15) is 14.9 Å². The van der Waals surface area contributed by atoms with Crippen LogP contribution in [0.15, 0.2) is 89.5 Å². The van der Waals surface area contributed by atoms with Crippen molar-refractivity contribution in [2.24, 2.45) is 0 Å². The van der Waals surface area contributed by atoms with Crippen LogP contribution in [0.1, 0.15) is 23.8 Å². The van der Waals surface area contributed by atoms with Crippen LogP contribution in [0.25, 0.3) is 21.9 Å². The lowest BCUT2D eigenvalue weighted by Crippen LogP contribution is -2.55. The van der Waals surface area contributed by atoms with Crippen molar-refractivity contribution < 1.29 is 14.1 Å². The first kappa shape index (κ1) is 23.3. The Morgan fingerprint density at radius 1 is 1.03 bits per heavy atom. The summed E-state index contributed by atoms with van der Waals surface area (Å²) in [6.45, 7) is 2.40. The molecule has 2 aromatic heterocycles. The number of hydrogen-bond donors (Lipinski definition) is 3. The van der Waals surface area contributed by atoms with Crippen LogP contribution in [0.5, 0.6) is 0 Å². The maximum atomic E-state index is 13.6. The molecule has 0 fully saturated rings. The molecular weight excluding hydrogens is 456 g/mol. The highest BCUT2D eigenvalue weighted by molar-refractivity contribution is 5.89. The molecule has 1 atom stereocenters. The summed E-state index contributed by atoms with van der Waals surface area (Å²) in [5.74, 6) is 0.517. The molecule has 3 aromatic carbocycles. The van der Waals surface area contributed by atoms with Crippen LogP contribution in [-0.2, 0) is 24.3 Å². The maximum Gasteiger partial charge on any atom is 0.269 e. The fourth-order valence-corrected chi connectivity index (χ4v) is 4.45. The Kier molecular flexibility index (Phi) is 6.26. The fraction of sp³-hybridized carbons (Fsp3) is 0.179. The van der Waals surface area contributed by atoms with E-state index in [0.717, 1.165) is 33.2 Å². The summed E-state index contributed by atoms with van der Waals surface area (Å²) in [7, 11) is 0. The van der Waals surface area contributed by atoms with Crippen LogP contribution >= 0.6 is 0 Å². The number of nitrogens with one attached hydrogen (secondary N) is 3. The molecule has 36 heavy (non-hydrogen) atoms. The minimum atomic E-state index is -0.981. The standard InChI is InChI=1S/C28H26N4O4/c1-28(15-21-17-29-25-11-4-3-10-24(21)25,31-18-23-14-20-8-2-5-12-26(20)36-23)27(33)30-16-19-7-6-9-22(13-19)32(34)35/h2-14,17,29,31H,15-16,18H2,1H3,(H,30,33). The van der Waals surface area contributed by atoms with Crippen LogP contribution < -0.4 is 10.6 Å². The number of nitrogens with zero attached hydrogens (tertiary/aromatic N) is 1. The zero-order valence-corrected chi connectivity index (χ0v) is 19.8. The number of nitro benzene ring substituents is 1. The van der Waals surface area contributed by atoms with Crippen LogP contribution in [-0.4, -0.2) is 21.4 Å². The number of carbonyl (C=O) groups excluding carboxylic acids is 1. The molecule has 8 nitrogen and oxygen atoms in total. The van der Waals surface area contributed by atoms with Gasteiger partial charge in [-0.25, -0.2) is 0 Å². The summed E-state index contributed by atoms with van der Waals surface area (Å²) < 4.78 is 5.95. The lowest BCUT2D eigenvalue weighted by Gasteiger charge is -2.29. The van der Waals surface area contributed by atoms with E-state index in [4.69, 9.17) is 4.42 Å². The average Bonchev–Trinajstić information content (AvgIpc) is 3.50. The second kappa shape index (κ2) is 9.67. The number of carbonyl (C=O) groups is 1. The third kappa shape index (κ3) is 4.85. The normalized spacial score (nSPS) is 13.0. The van der Waals surface area contributed by atoms with E-state index in [1.54, 1.807) is 12.1 Å². The van der Waals surface area contributed by atoms with Gasteiger partial charge in [-0.05, 0) is 36.2 Å². The number of non-ortho nitro benzene ring substituents is 1. The van der Waals surface area contributed by atoms with Crippen molar-refractivity contribution in [3.63, 3.8) is 0 Å². The zero-order valence-electron chi connectivity index (χ0n) is 19.8. The molecule has 182 valence electrons. The van der Waals surface area contributed by atoms with Gasteiger partial charge < -0.3 is 14.7 Å². The third-order valence-electron chi connectivity index (χ3n) is 6.42. The van der Waals surface area contributed by atoms with Gasteiger partial charge in [-0.1, -0.05) is 48.5 Å². The fourth-order valence-electron chi connectivity index (χ4n) is 4.45. The number of rotatable bonds is 9. The Morgan fingerprint density at radius 2 is 1.83 bits per heavy atom. The van der Waals surface area contributed by atoms with Crippen molar-refractivity contribution >= 4 is 33.5 Å². The Morgan fingerprint density at radius 3 is 2.67 bits per heavy atom. The van der Waals surface area contributed by atoms with Gasteiger partial charge in [-0.3, -0.25) is 20.2 Å². The Balaban J connectivity index is 1.38. The monoisotopic (exact) mass is 482 g/mol. The number of H-pyrrole nitrogens is 1. The van der Waals surface area contributed by atoms with E-state index < -0.39 is 10.5 Å². The molecule has 5 rings (SSSR count). The topological polar surface area (TPSA) is 113 Å². The van der Waals surface area contributed by atoms with Gasteiger partial charge >= 0.3 is 0 Å². The highest BCUT2D eigenvalue weighted by Gasteiger charge is 2.34. The molecule has 0 aliphatic heterocycles. The molecule has 1 amide bonds. The number of para-hydroxylation sites is 2. The molecule has 0 bridgehead atoms. The molecule has 8 heteroatoms. The lowest BCUT2D eigenvalue weighted by molar-refractivity contribution is -0.384. The molecule has 0 saturated carbocycles. The van der Waals surface area contributed by atoms with Gasteiger partial charge in [0.05, 0.1) is 17.0 Å². The van der Waals surface area contributed by atoms with Gasteiger partial charge in [0.2, 0.25) is 5.91 Å². The molecule has 0 radical (unpaired) electrons. The second-order valence-electron chi connectivity index (χ2n) is 9.08. The highest BCUT2D eigenvalue weighted by atomic mass is 16.6. The Bertz CT molecular complexity index is 1520. The number of hydrogen-bond acceptors (Lipinski definition) is 5. The largest absolute Gasteiger partial charge is 0.460 e. The second-order valence-corrected chi connectivity index (χ2v) is 9.08. The molecule has 5 aromatic rings. The lowest BCUT2D eigenvalue weighted by atomic mass is 9.91. The molecule has 2 heterocycles. The number of nitro groups is 1. The van der Waals surface area contributed by atoms with Crippen molar-refractivity contribution in [2.45, 2.75) is 32.0 Å². The van der Waals surface area contributed by atoms with E-state index >= 15 is 0 Å². The number of furan rings is 1.